The summed E-state index contributed by atoms with van der Waals surface area (Å²) in [6.45, 7) is 0.873. The van der Waals surface area contributed by atoms with Crippen molar-refractivity contribution in [3.63, 3.8) is 0 Å². The largest absolute Gasteiger partial charge is 0.493 e. The van der Waals surface area contributed by atoms with Crippen molar-refractivity contribution < 1.29 is 31.1 Å². The molecule has 0 bridgehead atoms. The highest BCUT2D eigenvalue weighted by molar-refractivity contribution is 7.96. The minimum Gasteiger partial charge on any atom is -0.493 e. The molecular formula is C18H26N2O7S2. The molecule has 2 N–H and O–H groups in total. The quantitative estimate of drug-likeness (QED) is 0.637. The first-order valence-corrected chi connectivity index (χ1v) is 12.7. The van der Waals surface area contributed by atoms with Gasteiger partial charge in [0.05, 0.1) is 35.9 Å². The molecule has 0 saturated carbocycles. The molecule has 11 heteroatoms. The normalized spacial score (nSPS) is 25.6. The number of ether oxygens (including phenoxy) is 2. The Morgan fingerprint density at radius 3 is 2.28 bits per heavy atom. The predicted molar refractivity (Wildman–Crippen MR) is 106 cm³/mol. The maximum atomic E-state index is 13.4. The van der Waals surface area contributed by atoms with Crippen LogP contribution < -0.4 is 15.2 Å². The monoisotopic (exact) mass is 446 g/mol. The Morgan fingerprint density at radius 2 is 1.72 bits per heavy atom. The lowest BCUT2D eigenvalue weighted by molar-refractivity contribution is -0.123. The summed E-state index contributed by atoms with van der Waals surface area (Å²) in [5, 5.41) is -1.09. The van der Waals surface area contributed by atoms with Crippen molar-refractivity contribution in [1.82, 2.24) is 4.90 Å². The standard InChI is InChI=1S/C18H26N2O7S2/c1-26-15-4-3-13(9-16(15)27-2)29(24,25)17-11-28(22,23)10-14(17)20-7-5-12(6-8-20)18(19)21/h3-4,9,12,14,17H,5-8,10-11H2,1-2H3,(H2,19,21)/t14-,17-/m0/s1. The summed E-state index contributed by atoms with van der Waals surface area (Å²) in [6.07, 6.45) is 0.990. The van der Waals surface area contributed by atoms with Gasteiger partial charge in [0, 0.05) is 18.0 Å². The van der Waals surface area contributed by atoms with E-state index in [1.165, 1.54) is 32.4 Å². The van der Waals surface area contributed by atoms with E-state index in [2.05, 4.69) is 0 Å². The number of amides is 1. The van der Waals surface area contributed by atoms with Gasteiger partial charge in [0.15, 0.2) is 31.2 Å². The summed E-state index contributed by atoms with van der Waals surface area (Å²) < 4.78 is 61.8. The lowest BCUT2D eigenvalue weighted by atomic mass is 9.95. The van der Waals surface area contributed by atoms with Gasteiger partial charge in [-0.05, 0) is 38.1 Å². The van der Waals surface area contributed by atoms with Crippen LogP contribution in [-0.2, 0) is 24.5 Å². The van der Waals surface area contributed by atoms with Crippen LogP contribution in [0.25, 0.3) is 0 Å². The summed E-state index contributed by atoms with van der Waals surface area (Å²) in [7, 11) is -4.61. The van der Waals surface area contributed by atoms with Gasteiger partial charge in [-0.3, -0.25) is 9.69 Å². The second-order valence-corrected chi connectivity index (χ2v) is 11.8. The van der Waals surface area contributed by atoms with Crippen LogP contribution >= 0.6 is 0 Å². The molecule has 0 aliphatic carbocycles. The van der Waals surface area contributed by atoms with E-state index in [0.717, 1.165) is 0 Å². The van der Waals surface area contributed by atoms with Crippen molar-refractivity contribution in [2.75, 3.05) is 38.8 Å². The molecule has 1 aromatic rings. The van der Waals surface area contributed by atoms with E-state index in [0.29, 0.717) is 31.7 Å². The lowest BCUT2D eigenvalue weighted by Crippen LogP contribution is -2.50. The third kappa shape index (κ3) is 4.36. The second kappa shape index (κ2) is 8.11. The lowest BCUT2D eigenvalue weighted by Gasteiger charge is -2.36. The zero-order valence-electron chi connectivity index (χ0n) is 16.4. The first-order chi connectivity index (χ1) is 13.6. The number of carbonyl (C=O) groups is 1. The van der Waals surface area contributed by atoms with Crippen molar-refractivity contribution in [1.29, 1.82) is 0 Å². The fraction of sp³-hybridized carbons (Fsp3) is 0.611. The Labute approximate surface area is 171 Å². The number of piperidine rings is 1. The van der Waals surface area contributed by atoms with Crippen LogP contribution in [0, 0.1) is 5.92 Å². The molecule has 2 aliphatic rings. The Hall–Kier alpha value is -1.85. The number of methoxy groups -OCH3 is 2. The first kappa shape index (κ1) is 21.8. The fourth-order valence-corrected chi connectivity index (χ4v) is 8.96. The summed E-state index contributed by atoms with van der Waals surface area (Å²) in [5.41, 5.74) is 5.36. The highest BCUT2D eigenvalue weighted by atomic mass is 32.2. The van der Waals surface area contributed by atoms with Gasteiger partial charge in [0.1, 0.15) is 0 Å². The minimum absolute atomic E-state index is 0.00530. The minimum atomic E-state index is -3.94. The van der Waals surface area contributed by atoms with E-state index in [1.54, 1.807) is 0 Å². The number of primary amides is 1. The zero-order valence-corrected chi connectivity index (χ0v) is 18.0. The molecule has 0 unspecified atom stereocenters. The molecule has 0 aromatic heterocycles. The van der Waals surface area contributed by atoms with E-state index in [1.807, 2.05) is 4.90 Å². The van der Waals surface area contributed by atoms with Gasteiger partial charge in [0.25, 0.3) is 0 Å². The third-order valence-corrected chi connectivity index (χ3v) is 9.87. The number of hydrogen-bond acceptors (Lipinski definition) is 8. The number of sulfone groups is 2. The van der Waals surface area contributed by atoms with Crippen LogP contribution in [0.3, 0.4) is 0 Å². The number of likely N-dealkylation sites (tertiary alicyclic amines) is 1. The second-order valence-electron chi connectivity index (χ2n) is 7.46. The Bertz CT molecular complexity index is 983. The van der Waals surface area contributed by atoms with Crippen LogP contribution in [0.5, 0.6) is 11.5 Å². The molecule has 1 amide bonds. The maximum Gasteiger partial charge on any atom is 0.220 e. The molecule has 2 heterocycles. The van der Waals surface area contributed by atoms with Gasteiger partial charge in [-0.25, -0.2) is 16.8 Å². The zero-order chi connectivity index (χ0) is 21.4. The van der Waals surface area contributed by atoms with Crippen LogP contribution in [0.2, 0.25) is 0 Å². The van der Waals surface area contributed by atoms with E-state index in [4.69, 9.17) is 15.2 Å². The smallest absolute Gasteiger partial charge is 0.220 e. The average molecular weight is 447 g/mol. The molecule has 0 radical (unpaired) electrons. The van der Waals surface area contributed by atoms with Gasteiger partial charge >= 0.3 is 0 Å². The number of carbonyl (C=O) groups excluding carboxylic acids is 1. The fourth-order valence-electron chi connectivity index (χ4n) is 4.12. The van der Waals surface area contributed by atoms with Crippen molar-refractivity contribution in [3.8, 4) is 11.5 Å². The summed E-state index contributed by atoms with van der Waals surface area (Å²) in [6, 6.07) is 3.59. The number of hydrogen-bond donors (Lipinski definition) is 1. The van der Waals surface area contributed by atoms with E-state index in [-0.39, 0.29) is 28.2 Å². The Kier molecular flexibility index (Phi) is 6.11. The van der Waals surface area contributed by atoms with Gasteiger partial charge in [-0.15, -0.1) is 0 Å². The van der Waals surface area contributed by atoms with E-state index in [9.17, 15) is 21.6 Å². The Morgan fingerprint density at radius 1 is 1.10 bits per heavy atom. The number of nitrogens with zero attached hydrogens (tertiary/aromatic N) is 1. The molecule has 2 atom stereocenters. The maximum absolute atomic E-state index is 13.4. The SMILES string of the molecule is COc1ccc(S(=O)(=O)[C@H]2CS(=O)(=O)C[C@@H]2N2CCC(C(N)=O)CC2)cc1OC. The number of nitrogens with two attached hydrogens (primary N) is 1. The highest BCUT2D eigenvalue weighted by Gasteiger charge is 2.49. The Balaban J connectivity index is 1.91. The van der Waals surface area contributed by atoms with Gasteiger partial charge in [-0.2, -0.15) is 0 Å². The van der Waals surface area contributed by atoms with Crippen LogP contribution in [-0.4, -0.2) is 77.7 Å². The summed E-state index contributed by atoms with van der Waals surface area (Å²) in [5.74, 6) is -0.637. The van der Waals surface area contributed by atoms with Crippen molar-refractivity contribution in [2.24, 2.45) is 11.7 Å². The van der Waals surface area contributed by atoms with Crippen LogP contribution in [0.1, 0.15) is 12.8 Å². The highest BCUT2D eigenvalue weighted by Crippen LogP contribution is 2.35. The molecular weight excluding hydrogens is 420 g/mol. The van der Waals surface area contributed by atoms with Crippen molar-refractivity contribution >= 4 is 25.6 Å². The summed E-state index contributed by atoms with van der Waals surface area (Å²) in [4.78, 5) is 13.3. The molecule has 162 valence electrons. The molecule has 0 spiro atoms. The topological polar surface area (TPSA) is 133 Å². The molecule has 3 rings (SSSR count). The van der Waals surface area contributed by atoms with E-state index < -0.39 is 36.7 Å². The predicted octanol–water partition coefficient (Wildman–Crippen LogP) is -0.160. The third-order valence-electron chi connectivity index (χ3n) is 5.76. The van der Waals surface area contributed by atoms with E-state index >= 15 is 0 Å². The van der Waals surface area contributed by atoms with Crippen molar-refractivity contribution in [2.45, 2.75) is 29.0 Å². The molecule has 9 nitrogen and oxygen atoms in total. The number of rotatable bonds is 6. The van der Waals surface area contributed by atoms with Crippen molar-refractivity contribution in [3.05, 3.63) is 18.2 Å². The molecule has 29 heavy (non-hydrogen) atoms. The van der Waals surface area contributed by atoms with Crippen LogP contribution in [0.15, 0.2) is 23.1 Å². The molecule has 2 fully saturated rings. The number of benzene rings is 1. The van der Waals surface area contributed by atoms with Gasteiger partial charge in [-0.1, -0.05) is 0 Å². The molecule has 2 saturated heterocycles. The first-order valence-electron chi connectivity index (χ1n) is 9.29. The summed E-state index contributed by atoms with van der Waals surface area (Å²) >= 11 is 0. The molecule has 2 aliphatic heterocycles. The van der Waals surface area contributed by atoms with Crippen LogP contribution in [0.4, 0.5) is 0 Å². The van der Waals surface area contributed by atoms with Gasteiger partial charge in [0.2, 0.25) is 5.91 Å². The molecule has 1 aromatic carbocycles. The average Bonchev–Trinajstić information content (AvgIpc) is 3.03. The van der Waals surface area contributed by atoms with Gasteiger partial charge < -0.3 is 15.2 Å².